The molecule has 1 N–H and O–H groups in total. The lowest BCUT2D eigenvalue weighted by Crippen LogP contribution is -1.91. The molecule has 88 valence electrons. The molecule has 0 amide bonds. The zero-order chi connectivity index (χ0) is 12.3. The number of hydrogen-bond donors (Lipinski definition) is 1. The Morgan fingerprint density at radius 1 is 1.06 bits per heavy atom. The first kappa shape index (κ1) is 11.8. The lowest BCUT2D eigenvalue weighted by atomic mass is 10.0. The predicted octanol–water partition coefficient (Wildman–Crippen LogP) is 3.34. The van der Waals surface area contributed by atoms with Crippen molar-refractivity contribution in [1.82, 2.24) is 0 Å². The standard InChI is InChI=1S/C15H15FO/c1-11-5-6-14(10-15(11)16)13-4-2-3-12(9-13)7-8-17/h2-6,9-10,17H,7-8H2,1H3. The fraction of sp³-hybridized carbons (Fsp3) is 0.200. The molecule has 0 heterocycles. The third-order valence-corrected chi connectivity index (χ3v) is 2.83. The highest BCUT2D eigenvalue weighted by Crippen LogP contribution is 2.22. The van der Waals surface area contributed by atoms with Gasteiger partial charge in [0.15, 0.2) is 0 Å². The molecule has 0 saturated carbocycles. The molecule has 0 aliphatic carbocycles. The van der Waals surface area contributed by atoms with Gasteiger partial charge < -0.3 is 5.11 Å². The van der Waals surface area contributed by atoms with Gasteiger partial charge in [0, 0.05) is 6.61 Å². The third-order valence-electron chi connectivity index (χ3n) is 2.83. The van der Waals surface area contributed by atoms with Crippen molar-refractivity contribution in [3.63, 3.8) is 0 Å². The SMILES string of the molecule is Cc1ccc(-c2cccc(CCO)c2)cc1F. The molecule has 0 radical (unpaired) electrons. The van der Waals surface area contributed by atoms with Gasteiger partial charge in [0.05, 0.1) is 0 Å². The van der Waals surface area contributed by atoms with E-state index < -0.39 is 0 Å². The summed E-state index contributed by atoms with van der Waals surface area (Å²) in [6.07, 6.45) is 0.627. The van der Waals surface area contributed by atoms with Crippen LogP contribution in [-0.2, 0) is 6.42 Å². The van der Waals surface area contributed by atoms with Crippen LogP contribution in [0.2, 0.25) is 0 Å². The van der Waals surface area contributed by atoms with Gasteiger partial charge in [0.25, 0.3) is 0 Å². The van der Waals surface area contributed by atoms with E-state index in [0.29, 0.717) is 12.0 Å². The van der Waals surface area contributed by atoms with E-state index >= 15 is 0 Å². The average Bonchev–Trinajstić information content (AvgIpc) is 2.33. The van der Waals surface area contributed by atoms with Gasteiger partial charge in [-0.2, -0.15) is 0 Å². The highest BCUT2D eigenvalue weighted by Gasteiger charge is 2.02. The van der Waals surface area contributed by atoms with Crippen LogP contribution in [0.4, 0.5) is 4.39 Å². The Morgan fingerprint density at radius 2 is 1.82 bits per heavy atom. The van der Waals surface area contributed by atoms with Gasteiger partial charge in [-0.3, -0.25) is 0 Å². The molecule has 0 atom stereocenters. The van der Waals surface area contributed by atoms with E-state index in [-0.39, 0.29) is 12.4 Å². The highest BCUT2D eigenvalue weighted by atomic mass is 19.1. The molecule has 0 aliphatic heterocycles. The van der Waals surface area contributed by atoms with Crippen molar-refractivity contribution in [2.75, 3.05) is 6.61 Å². The number of aryl methyl sites for hydroxylation is 1. The maximum absolute atomic E-state index is 13.5. The van der Waals surface area contributed by atoms with Crippen LogP contribution in [0.5, 0.6) is 0 Å². The molecule has 17 heavy (non-hydrogen) atoms. The Morgan fingerprint density at radius 3 is 2.53 bits per heavy atom. The van der Waals surface area contributed by atoms with Crippen molar-refractivity contribution in [2.24, 2.45) is 0 Å². The topological polar surface area (TPSA) is 20.2 Å². The van der Waals surface area contributed by atoms with Crippen LogP contribution in [0.15, 0.2) is 42.5 Å². The normalized spacial score (nSPS) is 10.5. The minimum Gasteiger partial charge on any atom is -0.396 e. The fourth-order valence-corrected chi connectivity index (χ4v) is 1.81. The van der Waals surface area contributed by atoms with Crippen LogP contribution in [0.1, 0.15) is 11.1 Å². The lowest BCUT2D eigenvalue weighted by Gasteiger charge is -2.06. The molecule has 2 rings (SSSR count). The lowest BCUT2D eigenvalue weighted by molar-refractivity contribution is 0.299. The first-order valence-electron chi connectivity index (χ1n) is 5.67. The summed E-state index contributed by atoms with van der Waals surface area (Å²) < 4.78 is 13.5. The average molecular weight is 230 g/mol. The van der Waals surface area contributed by atoms with E-state index in [1.54, 1.807) is 19.1 Å². The molecule has 1 nitrogen and oxygen atoms in total. The minimum atomic E-state index is -0.185. The Bertz CT molecular complexity index is 520. The van der Waals surface area contributed by atoms with Crippen molar-refractivity contribution < 1.29 is 9.50 Å². The van der Waals surface area contributed by atoms with Gasteiger partial charge in [-0.25, -0.2) is 4.39 Å². The Hall–Kier alpha value is -1.67. The summed E-state index contributed by atoms with van der Waals surface area (Å²) in [7, 11) is 0. The second-order valence-corrected chi connectivity index (χ2v) is 4.14. The van der Waals surface area contributed by atoms with Gasteiger partial charge in [-0.1, -0.05) is 36.4 Å². The number of aliphatic hydroxyl groups is 1. The van der Waals surface area contributed by atoms with Crippen LogP contribution in [-0.4, -0.2) is 11.7 Å². The van der Waals surface area contributed by atoms with Gasteiger partial charge >= 0.3 is 0 Å². The molecule has 2 aromatic rings. The van der Waals surface area contributed by atoms with Gasteiger partial charge in [-0.15, -0.1) is 0 Å². The van der Waals surface area contributed by atoms with Gasteiger partial charge in [-0.05, 0) is 41.7 Å². The first-order valence-corrected chi connectivity index (χ1v) is 5.67. The fourth-order valence-electron chi connectivity index (χ4n) is 1.81. The van der Waals surface area contributed by atoms with Crippen LogP contribution in [0.25, 0.3) is 11.1 Å². The summed E-state index contributed by atoms with van der Waals surface area (Å²) in [5, 5.41) is 8.90. The number of aliphatic hydroxyl groups excluding tert-OH is 1. The molecule has 0 fully saturated rings. The summed E-state index contributed by atoms with van der Waals surface area (Å²) in [4.78, 5) is 0. The Kier molecular flexibility index (Phi) is 3.55. The van der Waals surface area contributed by atoms with E-state index in [2.05, 4.69) is 0 Å². The zero-order valence-corrected chi connectivity index (χ0v) is 9.78. The van der Waals surface area contributed by atoms with Gasteiger partial charge in [0.1, 0.15) is 5.82 Å². The maximum Gasteiger partial charge on any atom is 0.126 e. The van der Waals surface area contributed by atoms with Crippen molar-refractivity contribution in [3.05, 3.63) is 59.4 Å². The van der Waals surface area contributed by atoms with Crippen molar-refractivity contribution in [3.8, 4) is 11.1 Å². The third kappa shape index (κ3) is 2.71. The van der Waals surface area contributed by atoms with E-state index in [4.69, 9.17) is 5.11 Å². The van der Waals surface area contributed by atoms with E-state index in [9.17, 15) is 4.39 Å². The van der Waals surface area contributed by atoms with E-state index in [1.165, 1.54) is 0 Å². The van der Waals surface area contributed by atoms with Crippen LogP contribution < -0.4 is 0 Å². The molecule has 0 unspecified atom stereocenters. The Labute approximate surface area is 101 Å². The monoisotopic (exact) mass is 230 g/mol. The molecule has 2 aromatic carbocycles. The maximum atomic E-state index is 13.5. The van der Waals surface area contributed by atoms with Crippen molar-refractivity contribution in [2.45, 2.75) is 13.3 Å². The molecule has 0 aliphatic rings. The number of benzene rings is 2. The highest BCUT2D eigenvalue weighted by molar-refractivity contribution is 5.64. The second kappa shape index (κ2) is 5.11. The molecular formula is C15H15FO. The largest absolute Gasteiger partial charge is 0.396 e. The van der Waals surface area contributed by atoms with Crippen LogP contribution >= 0.6 is 0 Å². The second-order valence-electron chi connectivity index (χ2n) is 4.14. The summed E-state index contributed by atoms with van der Waals surface area (Å²) in [5.74, 6) is -0.185. The molecule has 0 bridgehead atoms. The first-order chi connectivity index (χ1) is 8.20. The number of hydrogen-bond acceptors (Lipinski definition) is 1. The summed E-state index contributed by atoms with van der Waals surface area (Å²) in [6.45, 7) is 1.88. The smallest absolute Gasteiger partial charge is 0.126 e. The summed E-state index contributed by atoms with van der Waals surface area (Å²) >= 11 is 0. The molecular weight excluding hydrogens is 215 g/mol. The molecule has 0 saturated heterocycles. The summed E-state index contributed by atoms with van der Waals surface area (Å²) in [5.41, 5.74) is 3.56. The van der Waals surface area contributed by atoms with Crippen molar-refractivity contribution in [1.29, 1.82) is 0 Å². The molecule has 0 spiro atoms. The predicted molar refractivity (Wildman–Crippen MR) is 67.4 cm³/mol. The zero-order valence-electron chi connectivity index (χ0n) is 9.78. The quantitative estimate of drug-likeness (QED) is 0.857. The number of halogens is 1. The molecule has 0 aromatic heterocycles. The summed E-state index contributed by atoms with van der Waals surface area (Å²) in [6, 6.07) is 13.1. The van der Waals surface area contributed by atoms with Crippen molar-refractivity contribution >= 4 is 0 Å². The Balaban J connectivity index is 2.38. The number of rotatable bonds is 3. The minimum absolute atomic E-state index is 0.131. The van der Waals surface area contributed by atoms with Gasteiger partial charge in [0.2, 0.25) is 0 Å². The van der Waals surface area contributed by atoms with Crippen LogP contribution in [0, 0.1) is 12.7 Å². The van der Waals surface area contributed by atoms with E-state index in [0.717, 1.165) is 16.7 Å². The van der Waals surface area contributed by atoms with E-state index in [1.807, 2.05) is 30.3 Å². The molecule has 2 heteroatoms. The van der Waals surface area contributed by atoms with Crippen LogP contribution in [0.3, 0.4) is 0 Å².